The summed E-state index contributed by atoms with van der Waals surface area (Å²) in [5.74, 6) is 0.556. The van der Waals surface area contributed by atoms with Gasteiger partial charge in [-0.05, 0) is 30.9 Å². The molecule has 0 heterocycles. The SMILES string of the molecule is CCC(C)(CN)C(=O)NCC1Cc2ccccc21. The quantitative estimate of drug-likeness (QED) is 0.832. The number of fused-ring (bicyclic) bond motifs is 1. The second-order valence-electron chi connectivity index (χ2n) is 5.43. The molecule has 0 bridgehead atoms. The van der Waals surface area contributed by atoms with Gasteiger partial charge in [-0.3, -0.25) is 4.79 Å². The van der Waals surface area contributed by atoms with Gasteiger partial charge in [-0.25, -0.2) is 0 Å². The van der Waals surface area contributed by atoms with Crippen LogP contribution in [-0.4, -0.2) is 19.0 Å². The zero-order valence-electron chi connectivity index (χ0n) is 11.2. The monoisotopic (exact) mass is 246 g/mol. The normalized spacial score (nSPS) is 20.5. The van der Waals surface area contributed by atoms with Gasteiger partial charge in [0.1, 0.15) is 0 Å². The lowest BCUT2D eigenvalue weighted by Gasteiger charge is -2.32. The van der Waals surface area contributed by atoms with E-state index in [0.717, 1.165) is 19.4 Å². The third-order valence-corrected chi connectivity index (χ3v) is 4.25. The van der Waals surface area contributed by atoms with Crippen LogP contribution in [-0.2, 0) is 11.2 Å². The van der Waals surface area contributed by atoms with Crippen LogP contribution in [0.15, 0.2) is 24.3 Å². The maximum Gasteiger partial charge on any atom is 0.227 e. The Balaban J connectivity index is 1.89. The Morgan fingerprint density at radius 2 is 2.22 bits per heavy atom. The molecule has 0 spiro atoms. The van der Waals surface area contributed by atoms with Crippen LogP contribution in [0.5, 0.6) is 0 Å². The van der Waals surface area contributed by atoms with Gasteiger partial charge in [-0.2, -0.15) is 0 Å². The summed E-state index contributed by atoms with van der Waals surface area (Å²) in [5.41, 5.74) is 8.05. The molecule has 0 aromatic heterocycles. The molecule has 1 aliphatic carbocycles. The fourth-order valence-electron chi connectivity index (χ4n) is 2.37. The first-order valence-corrected chi connectivity index (χ1v) is 6.67. The van der Waals surface area contributed by atoms with Gasteiger partial charge in [-0.15, -0.1) is 0 Å². The molecule has 3 N–H and O–H groups in total. The molecule has 1 aliphatic rings. The summed E-state index contributed by atoms with van der Waals surface area (Å²) in [5, 5.41) is 3.05. The van der Waals surface area contributed by atoms with Crippen molar-refractivity contribution in [3.63, 3.8) is 0 Å². The highest BCUT2D eigenvalue weighted by molar-refractivity contribution is 5.82. The summed E-state index contributed by atoms with van der Waals surface area (Å²) in [6.07, 6.45) is 1.85. The van der Waals surface area contributed by atoms with E-state index in [1.165, 1.54) is 11.1 Å². The molecule has 18 heavy (non-hydrogen) atoms. The highest BCUT2D eigenvalue weighted by Crippen LogP contribution is 2.34. The number of nitrogens with one attached hydrogen (secondary N) is 1. The smallest absolute Gasteiger partial charge is 0.227 e. The van der Waals surface area contributed by atoms with E-state index in [9.17, 15) is 4.79 Å². The molecule has 3 nitrogen and oxygen atoms in total. The minimum atomic E-state index is -0.427. The van der Waals surface area contributed by atoms with Gasteiger partial charge in [0.2, 0.25) is 5.91 Å². The number of amides is 1. The van der Waals surface area contributed by atoms with Crippen LogP contribution >= 0.6 is 0 Å². The molecule has 2 unspecified atom stereocenters. The molecule has 0 saturated heterocycles. The van der Waals surface area contributed by atoms with Crippen LogP contribution in [0.4, 0.5) is 0 Å². The molecule has 2 rings (SSSR count). The Bertz CT molecular complexity index is 438. The van der Waals surface area contributed by atoms with E-state index in [1.54, 1.807) is 0 Å². The molecule has 0 fully saturated rings. The predicted octanol–water partition coefficient (Wildman–Crippen LogP) is 1.82. The summed E-state index contributed by atoms with van der Waals surface area (Å²) in [6.45, 7) is 5.06. The van der Waals surface area contributed by atoms with E-state index in [2.05, 4.69) is 29.6 Å². The maximum atomic E-state index is 12.1. The number of carbonyl (C=O) groups excluding carboxylic acids is 1. The maximum absolute atomic E-state index is 12.1. The molecule has 0 saturated carbocycles. The number of benzene rings is 1. The van der Waals surface area contributed by atoms with E-state index in [1.807, 2.05) is 13.8 Å². The van der Waals surface area contributed by atoms with Crippen molar-refractivity contribution in [1.29, 1.82) is 0 Å². The van der Waals surface area contributed by atoms with E-state index < -0.39 is 5.41 Å². The number of nitrogens with two attached hydrogens (primary N) is 1. The van der Waals surface area contributed by atoms with Crippen molar-refractivity contribution in [2.45, 2.75) is 32.6 Å². The van der Waals surface area contributed by atoms with E-state index in [-0.39, 0.29) is 5.91 Å². The van der Waals surface area contributed by atoms with E-state index in [4.69, 9.17) is 5.73 Å². The van der Waals surface area contributed by atoms with Gasteiger partial charge in [0.15, 0.2) is 0 Å². The molecule has 0 radical (unpaired) electrons. The summed E-state index contributed by atoms with van der Waals surface area (Å²) >= 11 is 0. The van der Waals surface area contributed by atoms with Crippen molar-refractivity contribution in [3.05, 3.63) is 35.4 Å². The van der Waals surface area contributed by atoms with Crippen molar-refractivity contribution in [2.24, 2.45) is 11.1 Å². The molecule has 98 valence electrons. The number of hydrogen-bond donors (Lipinski definition) is 2. The summed E-state index contributed by atoms with van der Waals surface area (Å²) in [4.78, 5) is 12.1. The summed E-state index contributed by atoms with van der Waals surface area (Å²) < 4.78 is 0. The minimum Gasteiger partial charge on any atom is -0.355 e. The van der Waals surface area contributed by atoms with Crippen molar-refractivity contribution in [2.75, 3.05) is 13.1 Å². The molecule has 0 aliphatic heterocycles. The Labute approximate surface area is 109 Å². The van der Waals surface area contributed by atoms with Crippen molar-refractivity contribution in [3.8, 4) is 0 Å². The van der Waals surface area contributed by atoms with Crippen molar-refractivity contribution < 1.29 is 4.79 Å². The molecule has 1 aromatic rings. The van der Waals surface area contributed by atoms with Gasteiger partial charge >= 0.3 is 0 Å². The second-order valence-corrected chi connectivity index (χ2v) is 5.43. The third kappa shape index (κ3) is 2.27. The van der Waals surface area contributed by atoms with Crippen LogP contribution in [0.3, 0.4) is 0 Å². The van der Waals surface area contributed by atoms with Crippen LogP contribution < -0.4 is 11.1 Å². The standard InChI is InChI=1S/C15H22N2O/c1-3-15(2,10-16)14(18)17-9-12-8-11-6-4-5-7-13(11)12/h4-7,12H,3,8-10,16H2,1-2H3,(H,17,18). The van der Waals surface area contributed by atoms with Crippen LogP contribution in [0.2, 0.25) is 0 Å². The fourth-order valence-corrected chi connectivity index (χ4v) is 2.37. The van der Waals surface area contributed by atoms with Crippen LogP contribution in [0.25, 0.3) is 0 Å². The topological polar surface area (TPSA) is 55.1 Å². The lowest BCUT2D eigenvalue weighted by molar-refractivity contribution is -0.129. The summed E-state index contributed by atoms with van der Waals surface area (Å²) in [7, 11) is 0. The van der Waals surface area contributed by atoms with Gasteiger partial charge in [-0.1, -0.05) is 31.2 Å². The Kier molecular flexibility index (Phi) is 3.71. The third-order valence-electron chi connectivity index (χ3n) is 4.25. The molecular formula is C15H22N2O. The Hall–Kier alpha value is -1.35. The minimum absolute atomic E-state index is 0.0804. The van der Waals surface area contributed by atoms with Gasteiger partial charge < -0.3 is 11.1 Å². The average molecular weight is 246 g/mol. The fraction of sp³-hybridized carbons (Fsp3) is 0.533. The lowest BCUT2D eigenvalue weighted by atomic mass is 9.77. The summed E-state index contributed by atoms with van der Waals surface area (Å²) in [6, 6.07) is 8.43. The molecular weight excluding hydrogens is 224 g/mol. The molecule has 1 aromatic carbocycles. The Morgan fingerprint density at radius 3 is 2.83 bits per heavy atom. The largest absolute Gasteiger partial charge is 0.355 e. The van der Waals surface area contributed by atoms with E-state index >= 15 is 0 Å². The molecule has 1 amide bonds. The zero-order chi connectivity index (χ0) is 13.2. The van der Waals surface area contributed by atoms with Gasteiger partial charge in [0.05, 0.1) is 5.41 Å². The second kappa shape index (κ2) is 5.11. The first-order chi connectivity index (χ1) is 8.60. The van der Waals surface area contributed by atoms with E-state index in [0.29, 0.717) is 12.5 Å². The predicted molar refractivity (Wildman–Crippen MR) is 73.3 cm³/mol. The number of carbonyl (C=O) groups is 1. The highest BCUT2D eigenvalue weighted by atomic mass is 16.2. The zero-order valence-corrected chi connectivity index (χ0v) is 11.2. The van der Waals surface area contributed by atoms with Gasteiger partial charge in [0, 0.05) is 19.0 Å². The average Bonchev–Trinajstić information content (AvgIpc) is 2.38. The first kappa shape index (κ1) is 13.1. The van der Waals surface area contributed by atoms with Gasteiger partial charge in [0.25, 0.3) is 0 Å². The van der Waals surface area contributed by atoms with Crippen LogP contribution in [0, 0.1) is 5.41 Å². The first-order valence-electron chi connectivity index (χ1n) is 6.67. The van der Waals surface area contributed by atoms with Crippen LogP contribution in [0.1, 0.15) is 37.3 Å². The molecule has 3 heteroatoms. The lowest BCUT2D eigenvalue weighted by Crippen LogP contribution is -2.45. The Morgan fingerprint density at radius 1 is 1.50 bits per heavy atom. The van der Waals surface area contributed by atoms with Crippen molar-refractivity contribution >= 4 is 5.91 Å². The number of hydrogen-bond acceptors (Lipinski definition) is 2. The van der Waals surface area contributed by atoms with Crippen molar-refractivity contribution in [1.82, 2.24) is 5.32 Å². The molecule has 2 atom stereocenters. The highest BCUT2D eigenvalue weighted by Gasteiger charge is 2.31. The number of rotatable bonds is 5.